The minimum absolute atomic E-state index is 0.0996. The number of piperidine rings is 1. The van der Waals surface area contributed by atoms with Crippen LogP contribution in [0.5, 0.6) is 0 Å². The lowest BCUT2D eigenvalue weighted by Crippen LogP contribution is -2.49. The zero-order chi connectivity index (χ0) is 21.1. The van der Waals surface area contributed by atoms with E-state index in [2.05, 4.69) is 13.2 Å². The highest BCUT2D eigenvalue weighted by Crippen LogP contribution is 2.24. The van der Waals surface area contributed by atoms with Crippen LogP contribution in [0.15, 0.2) is 67.3 Å². The average Bonchev–Trinajstić information content (AvgIpc) is 2.73. The number of carbonyl (C=O) groups is 1. The number of carbonyl (C=O) groups excluding carboxylic acids is 1. The molecule has 0 aliphatic carbocycles. The van der Waals surface area contributed by atoms with Gasteiger partial charge in [0.2, 0.25) is 10.0 Å². The fraction of sp³-hybridized carbons (Fsp3) is 0.435. The Labute approximate surface area is 174 Å². The first-order chi connectivity index (χ1) is 14.0. The summed E-state index contributed by atoms with van der Waals surface area (Å²) in [6.07, 6.45) is 9.96. The summed E-state index contributed by atoms with van der Waals surface area (Å²) in [6.45, 7) is 8.10. The van der Waals surface area contributed by atoms with E-state index in [1.165, 1.54) is 4.31 Å². The Morgan fingerprint density at radius 1 is 1.17 bits per heavy atom. The van der Waals surface area contributed by atoms with Gasteiger partial charge in [0.05, 0.1) is 12.4 Å². The highest BCUT2D eigenvalue weighted by Gasteiger charge is 2.37. The third-order valence-electron chi connectivity index (χ3n) is 4.97. The minimum atomic E-state index is -3.58. The predicted octanol–water partition coefficient (Wildman–Crippen LogP) is 4.38. The zero-order valence-electron chi connectivity index (χ0n) is 17.0. The molecule has 0 saturated carbocycles. The molecule has 29 heavy (non-hydrogen) atoms. The van der Waals surface area contributed by atoms with Crippen molar-refractivity contribution in [2.75, 3.05) is 13.2 Å². The van der Waals surface area contributed by atoms with Crippen LogP contribution >= 0.6 is 0 Å². The lowest BCUT2D eigenvalue weighted by Gasteiger charge is -2.33. The van der Waals surface area contributed by atoms with E-state index in [1.807, 2.05) is 24.3 Å². The van der Waals surface area contributed by atoms with Crippen molar-refractivity contribution in [3.63, 3.8) is 0 Å². The molecule has 1 aliphatic heterocycles. The highest BCUT2D eigenvalue weighted by molar-refractivity contribution is 7.88. The Kier molecular flexibility index (Phi) is 9.35. The molecule has 1 saturated heterocycles. The lowest BCUT2D eigenvalue weighted by molar-refractivity contribution is -0.149. The summed E-state index contributed by atoms with van der Waals surface area (Å²) < 4.78 is 32.6. The summed E-state index contributed by atoms with van der Waals surface area (Å²) in [4.78, 5) is 12.6. The van der Waals surface area contributed by atoms with Crippen LogP contribution in [0.3, 0.4) is 0 Å². The van der Waals surface area contributed by atoms with Crippen LogP contribution in [-0.4, -0.2) is 37.9 Å². The van der Waals surface area contributed by atoms with Crippen molar-refractivity contribution in [2.45, 2.75) is 50.3 Å². The van der Waals surface area contributed by atoms with Crippen LogP contribution in [0.1, 0.15) is 44.1 Å². The molecule has 158 valence electrons. The number of rotatable bonds is 11. The highest BCUT2D eigenvalue weighted by atomic mass is 32.2. The molecule has 1 unspecified atom stereocenters. The van der Waals surface area contributed by atoms with Crippen LogP contribution in [-0.2, 0) is 25.3 Å². The van der Waals surface area contributed by atoms with E-state index in [0.29, 0.717) is 19.6 Å². The van der Waals surface area contributed by atoms with Gasteiger partial charge in [0.15, 0.2) is 0 Å². The molecule has 0 N–H and O–H groups in total. The number of hydrogen-bond acceptors (Lipinski definition) is 4. The first kappa shape index (κ1) is 23.1. The summed E-state index contributed by atoms with van der Waals surface area (Å²) in [5, 5.41) is 0. The molecule has 1 fully saturated rings. The van der Waals surface area contributed by atoms with Crippen molar-refractivity contribution in [3.05, 3.63) is 72.9 Å². The smallest absolute Gasteiger partial charge is 0.324 e. The Hall–Kier alpha value is -2.18. The van der Waals surface area contributed by atoms with Crippen molar-refractivity contribution in [1.82, 2.24) is 4.31 Å². The summed E-state index contributed by atoms with van der Waals surface area (Å²) >= 11 is 0. The van der Waals surface area contributed by atoms with Crippen LogP contribution in [0.4, 0.5) is 0 Å². The van der Waals surface area contributed by atoms with E-state index < -0.39 is 22.0 Å². The largest absolute Gasteiger partial charge is 0.464 e. The Morgan fingerprint density at radius 2 is 1.93 bits per heavy atom. The van der Waals surface area contributed by atoms with Crippen molar-refractivity contribution < 1.29 is 17.9 Å². The minimum Gasteiger partial charge on any atom is -0.464 e. The second kappa shape index (κ2) is 11.7. The van der Waals surface area contributed by atoms with Crippen molar-refractivity contribution in [3.8, 4) is 0 Å². The van der Waals surface area contributed by atoms with Gasteiger partial charge >= 0.3 is 5.97 Å². The molecular formula is C23H31NO4S. The topological polar surface area (TPSA) is 63.7 Å². The summed E-state index contributed by atoms with van der Waals surface area (Å²) in [7, 11) is -3.58. The second-order valence-corrected chi connectivity index (χ2v) is 9.09. The van der Waals surface area contributed by atoms with E-state index in [0.717, 1.165) is 43.2 Å². The quantitative estimate of drug-likeness (QED) is 0.304. The Balaban J connectivity index is 1.89. The predicted molar refractivity (Wildman–Crippen MR) is 117 cm³/mol. The van der Waals surface area contributed by atoms with Gasteiger partial charge in [-0.3, -0.25) is 4.79 Å². The van der Waals surface area contributed by atoms with Gasteiger partial charge in [-0.2, -0.15) is 4.31 Å². The molecule has 5 nitrogen and oxygen atoms in total. The SMILES string of the molecule is C=C/C=C(\C=C)CCCCOC(=O)C1CCCCN1S(=O)(=O)Cc1ccccc1. The number of benzene rings is 1. The molecule has 0 bridgehead atoms. The van der Waals surface area contributed by atoms with Crippen LogP contribution in [0.2, 0.25) is 0 Å². The summed E-state index contributed by atoms with van der Waals surface area (Å²) in [5.74, 6) is -0.538. The third-order valence-corrected chi connectivity index (χ3v) is 6.82. The third kappa shape index (κ3) is 7.29. The van der Waals surface area contributed by atoms with E-state index in [4.69, 9.17) is 4.74 Å². The molecule has 2 rings (SSSR count). The number of allylic oxidation sites excluding steroid dienone is 4. The number of esters is 1. The molecule has 0 radical (unpaired) electrons. The van der Waals surface area contributed by atoms with Crippen molar-refractivity contribution >= 4 is 16.0 Å². The van der Waals surface area contributed by atoms with Gasteiger partial charge in [-0.25, -0.2) is 8.42 Å². The van der Waals surface area contributed by atoms with Crippen LogP contribution < -0.4 is 0 Å². The molecule has 6 heteroatoms. The van der Waals surface area contributed by atoms with E-state index in [-0.39, 0.29) is 5.75 Å². The average molecular weight is 418 g/mol. The maximum Gasteiger partial charge on any atom is 0.324 e. The van der Waals surface area contributed by atoms with Crippen molar-refractivity contribution in [1.29, 1.82) is 0 Å². The second-order valence-electron chi connectivity index (χ2n) is 7.17. The van der Waals surface area contributed by atoms with E-state index in [9.17, 15) is 13.2 Å². The first-order valence-corrected chi connectivity index (χ1v) is 11.7. The molecule has 1 heterocycles. The Morgan fingerprint density at radius 3 is 2.62 bits per heavy atom. The fourth-order valence-electron chi connectivity index (χ4n) is 3.45. The number of sulfonamides is 1. The van der Waals surface area contributed by atoms with Crippen LogP contribution in [0.25, 0.3) is 0 Å². The molecule has 0 spiro atoms. The fourth-order valence-corrected chi connectivity index (χ4v) is 5.21. The van der Waals surface area contributed by atoms with Crippen LogP contribution in [0, 0.1) is 0 Å². The lowest BCUT2D eigenvalue weighted by atomic mass is 10.1. The number of hydrogen-bond donors (Lipinski definition) is 0. The van der Waals surface area contributed by atoms with E-state index in [1.54, 1.807) is 24.3 Å². The molecule has 1 atom stereocenters. The van der Waals surface area contributed by atoms with Gasteiger partial charge in [0, 0.05) is 6.54 Å². The van der Waals surface area contributed by atoms with Gasteiger partial charge in [-0.15, -0.1) is 0 Å². The van der Waals surface area contributed by atoms with Gasteiger partial charge in [-0.1, -0.05) is 61.7 Å². The number of unbranched alkanes of at least 4 members (excludes halogenated alkanes) is 1. The molecule has 1 aliphatic rings. The monoisotopic (exact) mass is 417 g/mol. The Bertz CT molecular complexity index is 815. The van der Waals surface area contributed by atoms with Gasteiger partial charge in [0.25, 0.3) is 0 Å². The maximum absolute atomic E-state index is 12.9. The molecule has 1 aromatic carbocycles. The first-order valence-electron chi connectivity index (χ1n) is 10.1. The summed E-state index contributed by atoms with van der Waals surface area (Å²) in [5.41, 5.74) is 1.81. The molecule has 0 aromatic heterocycles. The van der Waals surface area contributed by atoms with Gasteiger partial charge < -0.3 is 4.74 Å². The normalized spacial score (nSPS) is 18.2. The number of nitrogens with zero attached hydrogens (tertiary/aromatic N) is 1. The van der Waals surface area contributed by atoms with Gasteiger partial charge in [0.1, 0.15) is 6.04 Å². The van der Waals surface area contributed by atoms with E-state index >= 15 is 0 Å². The maximum atomic E-state index is 12.9. The van der Waals surface area contributed by atoms with Gasteiger partial charge in [-0.05, 0) is 49.7 Å². The molecule has 0 amide bonds. The summed E-state index contributed by atoms with van der Waals surface area (Å²) in [6, 6.07) is 8.33. The molecular weight excluding hydrogens is 386 g/mol. The van der Waals surface area contributed by atoms with Crippen molar-refractivity contribution in [2.24, 2.45) is 0 Å². The molecule has 1 aromatic rings. The zero-order valence-corrected chi connectivity index (χ0v) is 17.8. The number of ether oxygens (including phenoxy) is 1. The standard InChI is InChI=1S/C23H31NO4S/c1-3-12-20(4-2)13-9-11-18-28-23(25)22-16-8-10-17-24(22)29(26,27)19-21-14-6-5-7-15-21/h3-7,12,14-15,22H,1-2,8-11,13,16-19H2/b20-12+.